The van der Waals surface area contributed by atoms with Gasteiger partial charge in [-0.05, 0) is 32.9 Å². The number of esters is 1. The molecule has 2 aliphatic rings. The molecule has 0 radical (unpaired) electrons. The fourth-order valence-electron chi connectivity index (χ4n) is 3.39. The highest BCUT2D eigenvalue weighted by molar-refractivity contribution is 8.47. The van der Waals surface area contributed by atoms with Crippen LogP contribution in [0.25, 0.3) is 0 Å². The molecule has 3 atom stereocenters. The van der Waals surface area contributed by atoms with E-state index in [4.69, 9.17) is 21.7 Å². The number of hydrogen-bond donors (Lipinski definition) is 3. The van der Waals surface area contributed by atoms with Crippen molar-refractivity contribution in [2.75, 3.05) is 38.4 Å². The van der Waals surface area contributed by atoms with Crippen molar-refractivity contribution in [2.24, 2.45) is 0 Å². The summed E-state index contributed by atoms with van der Waals surface area (Å²) in [7, 11) is 0. The first-order valence-electron chi connectivity index (χ1n) is 10.7. The molecule has 0 aromatic heterocycles. The summed E-state index contributed by atoms with van der Waals surface area (Å²) in [5, 5.41) is 9.20. The Kier molecular flexibility index (Phi) is 12.0. The fraction of sp³-hybridized carbons (Fsp3) is 0.800. The number of fused-ring (bicyclic) bond motifs is 1. The summed E-state index contributed by atoms with van der Waals surface area (Å²) in [6.45, 7) is 4.81. The molecule has 32 heavy (non-hydrogen) atoms. The second-order valence-electron chi connectivity index (χ2n) is 8.03. The molecule has 8 nitrogen and oxygen atoms in total. The molecule has 0 aromatic rings. The van der Waals surface area contributed by atoms with Crippen molar-refractivity contribution in [2.45, 2.75) is 61.6 Å². The van der Waals surface area contributed by atoms with Crippen molar-refractivity contribution in [3.8, 4) is 0 Å². The lowest BCUT2D eigenvalue weighted by Gasteiger charge is -2.21. The average molecular weight is 524 g/mol. The third kappa shape index (κ3) is 9.28. The fourth-order valence-corrected chi connectivity index (χ4v) is 7.07. The number of thiocarbonyl (C=S) groups is 1. The molecular formula is C20H33N3O5S4. The number of carbonyl (C=O) groups is 3. The van der Waals surface area contributed by atoms with Crippen molar-refractivity contribution in [3.05, 3.63) is 0 Å². The quantitative estimate of drug-likeness (QED) is 0.145. The molecule has 2 heterocycles. The molecule has 0 bridgehead atoms. The van der Waals surface area contributed by atoms with Gasteiger partial charge in [-0.1, -0.05) is 30.4 Å². The molecule has 2 fully saturated rings. The lowest BCUT2D eigenvalue weighted by atomic mass is 10.0. The molecule has 0 aromatic carbocycles. The van der Waals surface area contributed by atoms with E-state index < -0.39 is 4.75 Å². The number of rotatable bonds is 13. The number of amides is 3. The van der Waals surface area contributed by atoms with Gasteiger partial charge in [-0.3, -0.25) is 9.59 Å². The van der Waals surface area contributed by atoms with Crippen LogP contribution in [-0.2, 0) is 19.1 Å². The highest BCUT2D eigenvalue weighted by atomic mass is 32.2. The van der Waals surface area contributed by atoms with Gasteiger partial charge in [-0.25, -0.2) is 4.79 Å². The zero-order valence-electron chi connectivity index (χ0n) is 18.8. The van der Waals surface area contributed by atoms with Gasteiger partial charge >= 0.3 is 12.0 Å². The third-order valence-corrected chi connectivity index (χ3v) is 9.29. The molecule has 3 unspecified atom stereocenters. The van der Waals surface area contributed by atoms with Crippen LogP contribution in [-0.4, -0.2) is 81.9 Å². The predicted molar refractivity (Wildman–Crippen MR) is 137 cm³/mol. The van der Waals surface area contributed by atoms with E-state index in [-0.39, 0.29) is 43.2 Å². The monoisotopic (exact) mass is 523 g/mol. The molecule has 3 amide bonds. The summed E-state index contributed by atoms with van der Waals surface area (Å²) in [5.74, 6) is 0.640. The first-order chi connectivity index (χ1) is 15.2. The summed E-state index contributed by atoms with van der Waals surface area (Å²) in [4.78, 5) is 35.5. The van der Waals surface area contributed by atoms with Crippen molar-refractivity contribution < 1.29 is 23.9 Å². The molecule has 182 valence electrons. The van der Waals surface area contributed by atoms with Crippen molar-refractivity contribution in [3.63, 3.8) is 0 Å². The Morgan fingerprint density at radius 3 is 2.78 bits per heavy atom. The first-order valence-corrected chi connectivity index (χ1v) is 14.2. The molecule has 0 saturated carbocycles. The van der Waals surface area contributed by atoms with Gasteiger partial charge in [0.1, 0.15) is 14.9 Å². The van der Waals surface area contributed by atoms with E-state index in [1.54, 1.807) is 13.8 Å². The number of carbonyl (C=O) groups excluding carboxylic acids is 3. The number of hydrogen-bond acceptors (Lipinski definition) is 9. The van der Waals surface area contributed by atoms with Gasteiger partial charge in [0.05, 0.1) is 25.3 Å². The molecule has 2 saturated heterocycles. The molecule has 3 N–H and O–H groups in total. The van der Waals surface area contributed by atoms with Gasteiger partial charge in [0, 0.05) is 24.0 Å². The third-order valence-electron chi connectivity index (χ3n) is 5.11. The Morgan fingerprint density at radius 1 is 1.25 bits per heavy atom. The Morgan fingerprint density at radius 2 is 2.03 bits per heavy atom. The minimum absolute atomic E-state index is 0.0105. The first kappa shape index (κ1) is 27.6. The topological polar surface area (TPSA) is 106 Å². The van der Waals surface area contributed by atoms with Crippen LogP contribution in [0, 0.1) is 0 Å². The lowest BCUT2D eigenvalue weighted by Crippen LogP contribution is -2.36. The minimum atomic E-state index is -0.728. The number of nitrogens with one attached hydrogen (secondary N) is 3. The van der Waals surface area contributed by atoms with Crippen LogP contribution >= 0.6 is 47.5 Å². The molecule has 12 heteroatoms. The smallest absolute Gasteiger partial charge is 0.322 e. The molecule has 0 spiro atoms. The van der Waals surface area contributed by atoms with Crippen molar-refractivity contribution in [1.82, 2.24) is 16.0 Å². The second-order valence-corrected chi connectivity index (χ2v) is 12.9. The lowest BCUT2D eigenvalue weighted by molar-refractivity contribution is -0.147. The number of ether oxygens (including phenoxy) is 2. The van der Waals surface area contributed by atoms with E-state index in [1.807, 2.05) is 18.0 Å². The molecule has 2 rings (SSSR count). The maximum absolute atomic E-state index is 12.1. The minimum Gasteiger partial charge on any atom is -0.462 e. The Bertz CT molecular complexity index is 680. The molecule has 2 aliphatic heterocycles. The zero-order chi connectivity index (χ0) is 23.6. The maximum atomic E-state index is 12.1. The predicted octanol–water partition coefficient (Wildman–Crippen LogP) is 2.55. The highest BCUT2D eigenvalue weighted by Crippen LogP contribution is 2.33. The van der Waals surface area contributed by atoms with Crippen LogP contribution < -0.4 is 16.0 Å². The largest absolute Gasteiger partial charge is 0.462 e. The Hall–Kier alpha value is -0.690. The number of urea groups is 1. The van der Waals surface area contributed by atoms with E-state index in [9.17, 15) is 14.4 Å². The van der Waals surface area contributed by atoms with E-state index in [0.29, 0.717) is 28.4 Å². The molecular weight excluding hydrogens is 491 g/mol. The van der Waals surface area contributed by atoms with Crippen LogP contribution in [0.15, 0.2) is 0 Å². The van der Waals surface area contributed by atoms with Crippen molar-refractivity contribution >= 4 is 68.9 Å². The Labute approximate surface area is 208 Å². The van der Waals surface area contributed by atoms with Crippen LogP contribution in [0.2, 0.25) is 0 Å². The van der Waals surface area contributed by atoms with Crippen LogP contribution in [0.1, 0.15) is 39.5 Å². The SMILES string of the molecule is CSC(=S)SC(C)(C)C(=O)OCCOCCNC(=O)CCCCC1SCC2NC(=O)NC21. The van der Waals surface area contributed by atoms with E-state index in [0.717, 1.165) is 25.0 Å². The number of thioether (sulfide) groups is 3. The molecule has 0 aliphatic carbocycles. The summed E-state index contributed by atoms with van der Waals surface area (Å²) in [6, 6.07) is 0.396. The van der Waals surface area contributed by atoms with Crippen LogP contribution in [0.3, 0.4) is 0 Å². The van der Waals surface area contributed by atoms with Crippen molar-refractivity contribution in [1.29, 1.82) is 0 Å². The van der Waals surface area contributed by atoms with Crippen LogP contribution in [0.4, 0.5) is 4.79 Å². The van der Waals surface area contributed by atoms with Gasteiger partial charge in [0.15, 0.2) is 0 Å². The van der Waals surface area contributed by atoms with E-state index in [2.05, 4.69) is 16.0 Å². The zero-order valence-corrected chi connectivity index (χ0v) is 22.0. The summed E-state index contributed by atoms with van der Waals surface area (Å²) in [6.07, 6.45) is 5.15. The summed E-state index contributed by atoms with van der Waals surface area (Å²) in [5.41, 5.74) is 0. The summed E-state index contributed by atoms with van der Waals surface area (Å²) >= 11 is 9.79. The maximum Gasteiger partial charge on any atom is 0.322 e. The van der Waals surface area contributed by atoms with E-state index >= 15 is 0 Å². The number of unbranched alkanes of at least 4 members (excludes halogenated alkanes) is 1. The van der Waals surface area contributed by atoms with Gasteiger partial charge in [-0.15, -0.1) is 11.8 Å². The second kappa shape index (κ2) is 13.9. The van der Waals surface area contributed by atoms with Crippen LogP contribution in [0.5, 0.6) is 0 Å². The van der Waals surface area contributed by atoms with Gasteiger partial charge in [-0.2, -0.15) is 11.8 Å². The summed E-state index contributed by atoms with van der Waals surface area (Å²) < 4.78 is 10.6. The highest BCUT2D eigenvalue weighted by Gasteiger charge is 2.42. The normalized spacial score (nSPS) is 22.1. The van der Waals surface area contributed by atoms with E-state index in [1.165, 1.54) is 23.5 Å². The van der Waals surface area contributed by atoms with Gasteiger partial charge < -0.3 is 25.4 Å². The van der Waals surface area contributed by atoms with Gasteiger partial charge in [0.2, 0.25) is 5.91 Å². The van der Waals surface area contributed by atoms with Gasteiger partial charge in [0.25, 0.3) is 0 Å². The Balaban J connectivity index is 1.43. The average Bonchev–Trinajstić information content (AvgIpc) is 3.29. The standard InChI is InChI=1S/C20H33N3O5S4/c1-20(2,32-19(29)30-3)17(25)28-11-10-27-9-8-21-15(24)7-5-4-6-14-16-13(12-31-14)22-18(26)23-16/h13-14,16H,4-12H2,1-3H3,(H,21,24)(H2,22,23,26).